The molecule has 0 aromatic carbocycles. The zero-order valence-corrected chi connectivity index (χ0v) is 19.6. The summed E-state index contributed by atoms with van der Waals surface area (Å²) in [6.45, 7) is 11.2. The summed E-state index contributed by atoms with van der Waals surface area (Å²) >= 11 is 0. The fourth-order valence-electron chi connectivity index (χ4n) is 3.12. The Kier molecular flexibility index (Phi) is 10.4. The molecule has 2 N–H and O–H groups in total. The number of hydrogen-bond donors (Lipinski definition) is 2. The monoisotopic (exact) mass is 513 g/mol. The summed E-state index contributed by atoms with van der Waals surface area (Å²) in [5, 5.41) is 6.72. The van der Waals surface area contributed by atoms with Crippen molar-refractivity contribution in [3.63, 3.8) is 0 Å². The van der Waals surface area contributed by atoms with Crippen molar-refractivity contribution in [2.75, 3.05) is 45.9 Å². The van der Waals surface area contributed by atoms with E-state index in [0.29, 0.717) is 6.54 Å². The number of imidazole rings is 1. The van der Waals surface area contributed by atoms with Gasteiger partial charge in [-0.1, -0.05) is 6.07 Å². The van der Waals surface area contributed by atoms with Gasteiger partial charge in [-0.2, -0.15) is 0 Å². The van der Waals surface area contributed by atoms with Gasteiger partial charge in [0.15, 0.2) is 5.96 Å². The molecule has 2 aromatic heterocycles. The van der Waals surface area contributed by atoms with Crippen LogP contribution in [0.25, 0.3) is 5.82 Å². The van der Waals surface area contributed by atoms with Gasteiger partial charge in [0.2, 0.25) is 0 Å². The molecule has 1 aliphatic rings. The van der Waals surface area contributed by atoms with Crippen LogP contribution in [0.1, 0.15) is 24.7 Å². The summed E-state index contributed by atoms with van der Waals surface area (Å²) < 4.78 is 7.35. The average Bonchev–Trinajstić information content (AvgIpc) is 3.16. The average molecular weight is 513 g/mol. The van der Waals surface area contributed by atoms with Crippen molar-refractivity contribution in [1.82, 2.24) is 30.1 Å². The molecule has 160 valence electrons. The number of aromatic nitrogens is 3. The standard InChI is InChI=1S/C20H31N7O.HI/c1-3-21-20(23-7-4-9-26-11-13-28-14-12-26)25-16-18-5-6-19(24-15-18)27-10-8-22-17(27)2;/h5-6,8,10,15H,3-4,7,9,11-14,16H2,1-2H3,(H2,21,23,25);1H. The number of pyridine rings is 1. The molecule has 0 spiro atoms. The van der Waals surface area contributed by atoms with Crippen LogP contribution in [0.15, 0.2) is 35.7 Å². The summed E-state index contributed by atoms with van der Waals surface area (Å²) in [7, 11) is 0. The first kappa shape index (κ1) is 23.6. The largest absolute Gasteiger partial charge is 0.379 e. The Morgan fingerprint density at radius 2 is 2.03 bits per heavy atom. The summed E-state index contributed by atoms with van der Waals surface area (Å²) in [6.07, 6.45) is 6.66. The fourth-order valence-corrected chi connectivity index (χ4v) is 3.12. The van der Waals surface area contributed by atoms with E-state index in [0.717, 1.165) is 75.5 Å². The molecule has 8 nitrogen and oxygen atoms in total. The van der Waals surface area contributed by atoms with E-state index >= 15 is 0 Å². The third-order valence-corrected chi connectivity index (χ3v) is 4.69. The molecule has 0 bridgehead atoms. The number of hydrogen-bond acceptors (Lipinski definition) is 5. The highest BCUT2D eigenvalue weighted by atomic mass is 127. The van der Waals surface area contributed by atoms with Crippen molar-refractivity contribution in [3.8, 4) is 5.82 Å². The van der Waals surface area contributed by atoms with E-state index < -0.39 is 0 Å². The van der Waals surface area contributed by atoms with Gasteiger partial charge in [0.25, 0.3) is 0 Å². The Morgan fingerprint density at radius 1 is 1.21 bits per heavy atom. The molecule has 0 aliphatic carbocycles. The maximum Gasteiger partial charge on any atom is 0.191 e. The number of nitrogens with one attached hydrogen (secondary N) is 2. The van der Waals surface area contributed by atoms with Gasteiger partial charge in [0.1, 0.15) is 11.6 Å². The van der Waals surface area contributed by atoms with E-state index in [-0.39, 0.29) is 24.0 Å². The molecule has 3 rings (SSSR count). The first-order valence-electron chi connectivity index (χ1n) is 10.0. The van der Waals surface area contributed by atoms with Crippen molar-refractivity contribution >= 4 is 29.9 Å². The summed E-state index contributed by atoms with van der Waals surface area (Å²) in [6, 6.07) is 4.06. The predicted octanol–water partition coefficient (Wildman–Crippen LogP) is 1.97. The van der Waals surface area contributed by atoms with Crippen LogP contribution in [0.5, 0.6) is 0 Å². The number of aryl methyl sites for hydroxylation is 1. The van der Waals surface area contributed by atoms with Crippen LogP contribution >= 0.6 is 24.0 Å². The van der Waals surface area contributed by atoms with Gasteiger partial charge in [0, 0.05) is 44.8 Å². The highest BCUT2D eigenvalue weighted by Gasteiger charge is 2.09. The van der Waals surface area contributed by atoms with Crippen molar-refractivity contribution < 1.29 is 4.74 Å². The number of guanidine groups is 1. The molecule has 0 unspecified atom stereocenters. The van der Waals surface area contributed by atoms with Gasteiger partial charge in [-0.15, -0.1) is 24.0 Å². The molecule has 29 heavy (non-hydrogen) atoms. The van der Waals surface area contributed by atoms with Crippen LogP contribution in [0.3, 0.4) is 0 Å². The zero-order chi connectivity index (χ0) is 19.6. The molecule has 0 atom stereocenters. The minimum atomic E-state index is 0. The van der Waals surface area contributed by atoms with E-state index in [1.807, 2.05) is 30.0 Å². The molecule has 0 amide bonds. The molecule has 2 aromatic rings. The molecular weight excluding hydrogens is 481 g/mol. The highest BCUT2D eigenvalue weighted by molar-refractivity contribution is 14.0. The molecule has 9 heteroatoms. The Balaban J connectivity index is 0.00000300. The van der Waals surface area contributed by atoms with Gasteiger partial charge in [-0.05, 0) is 38.4 Å². The van der Waals surface area contributed by atoms with Crippen LogP contribution in [0, 0.1) is 6.92 Å². The van der Waals surface area contributed by atoms with Gasteiger partial charge >= 0.3 is 0 Å². The fraction of sp³-hybridized carbons (Fsp3) is 0.550. The maximum atomic E-state index is 5.39. The Labute approximate surface area is 190 Å². The number of halogens is 1. The first-order chi connectivity index (χ1) is 13.8. The number of nitrogens with zero attached hydrogens (tertiary/aromatic N) is 5. The smallest absolute Gasteiger partial charge is 0.191 e. The van der Waals surface area contributed by atoms with Crippen LogP contribution in [-0.4, -0.2) is 71.3 Å². The van der Waals surface area contributed by atoms with Crippen LogP contribution in [0.2, 0.25) is 0 Å². The first-order valence-corrected chi connectivity index (χ1v) is 10.0. The third kappa shape index (κ3) is 7.56. The zero-order valence-electron chi connectivity index (χ0n) is 17.3. The van der Waals surface area contributed by atoms with Crippen molar-refractivity contribution in [1.29, 1.82) is 0 Å². The number of aliphatic imine (C=N–C) groups is 1. The Hall–Kier alpha value is -1.72. The maximum absolute atomic E-state index is 5.39. The second-order valence-electron chi connectivity index (χ2n) is 6.80. The second-order valence-corrected chi connectivity index (χ2v) is 6.80. The summed E-state index contributed by atoms with van der Waals surface area (Å²) in [5.41, 5.74) is 1.08. The highest BCUT2D eigenvalue weighted by Crippen LogP contribution is 2.09. The molecule has 1 aliphatic heterocycles. The van der Waals surface area contributed by atoms with Gasteiger partial charge in [0.05, 0.1) is 19.8 Å². The lowest BCUT2D eigenvalue weighted by atomic mass is 10.3. The lowest BCUT2D eigenvalue weighted by molar-refractivity contribution is 0.0376. The quantitative estimate of drug-likeness (QED) is 0.243. The predicted molar refractivity (Wildman–Crippen MR) is 126 cm³/mol. The minimum absolute atomic E-state index is 0. The molecular formula is C20H32IN7O. The van der Waals surface area contributed by atoms with Gasteiger partial charge in [-0.3, -0.25) is 9.47 Å². The van der Waals surface area contributed by atoms with E-state index in [9.17, 15) is 0 Å². The van der Waals surface area contributed by atoms with Gasteiger partial charge in [-0.25, -0.2) is 15.0 Å². The second kappa shape index (κ2) is 12.8. The molecule has 1 saturated heterocycles. The third-order valence-electron chi connectivity index (χ3n) is 4.69. The molecule has 0 saturated carbocycles. The van der Waals surface area contributed by atoms with Crippen LogP contribution in [0.4, 0.5) is 0 Å². The minimum Gasteiger partial charge on any atom is -0.379 e. The van der Waals surface area contributed by atoms with Crippen molar-refractivity contribution in [2.45, 2.75) is 26.8 Å². The summed E-state index contributed by atoms with van der Waals surface area (Å²) in [4.78, 5) is 15.9. The number of ether oxygens (including phenoxy) is 1. The Morgan fingerprint density at radius 3 is 2.69 bits per heavy atom. The van der Waals surface area contributed by atoms with Crippen LogP contribution < -0.4 is 10.6 Å². The van der Waals surface area contributed by atoms with E-state index in [4.69, 9.17) is 4.74 Å². The Bertz CT molecular complexity index is 742. The SMILES string of the molecule is CCNC(=NCc1ccc(-n2ccnc2C)nc1)NCCCN1CCOCC1.I. The summed E-state index contributed by atoms with van der Waals surface area (Å²) in [5.74, 6) is 2.64. The van der Waals surface area contributed by atoms with E-state index in [1.165, 1.54) is 0 Å². The van der Waals surface area contributed by atoms with Crippen molar-refractivity contribution in [3.05, 3.63) is 42.1 Å². The topological polar surface area (TPSA) is 79.6 Å². The van der Waals surface area contributed by atoms with E-state index in [1.54, 1.807) is 6.20 Å². The lowest BCUT2D eigenvalue weighted by Gasteiger charge is -2.26. The molecule has 1 fully saturated rings. The lowest BCUT2D eigenvalue weighted by Crippen LogP contribution is -2.40. The number of rotatable bonds is 8. The van der Waals surface area contributed by atoms with Gasteiger partial charge < -0.3 is 15.4 Å². The molecule has 3 heterocycles. The van der Waals surface area contributed by atoms with Crippen LogP contribution in [-0.2, 0) is 11.3 Å². The van der Waals surface area contributed by atoms with E-state index in [2.05, 4.69) is 43.5 Å². The van der Waals surface area contributed by atoms with Crippen molar-refractivity contribution in [2.24, 2.45) is 4.99 Å². The molecule has 0 radical (unpaired) electrons. The normalized spacial score (nSPS) is 15.0. The number of morpholine rings is 1.